The number of carbonyl (C=O) groups excluding carboxylic acids is 1. The summed E-state index contributed by atoms with van der Waals surface area (Å²) in [5.41, 5.74) is 0.445. The van der Waals surface area contributed by atoms with Crippen LogP contribution in [0.3, 0.4) is 0 Å². The van der Waals surface area contributed by atoms with Gasteiger partial charge in [0.25, 0.3) is 0 Å². The van der Waals surface area contributed by atoms with E-state index in [-0.39, 0.29) is 5.82 Å². The molecule has 1 atom stereocenters. The van der Waals surface area contributed by atoms with Crippen LogP contribution in [-0.2, 0) is 4.74 Å². The van der Waals surface area contributed by atoms with Crippen molar-refractivity contribution in [3.63, 3.8) is 0 Å². The predicted molar refractivity (Wildman–Crippen MR) is 63.8 cm³/mol. The second-order valence-corrected chi connectivity index (χ2v) is 4.32. The molecule has 1 aliphatic heterocycles. The monoisotopic (exact) mass is 265 g/mol. The van der Waals surface area contributed by atoms with E-state index in [1.807, 2.05) is 4.90 Å². The minimum atomic E-state index is -0.835. The van der Waals surface area contributed by atoms with E-state index in [1.165, 1.54) is 17.7 Å². The molecule has 2 aromatic heterocycles. The van der Waals surface area contributed by atoms with Crippen LogP contribution >= 0.6 is 0 Å². The summed E-state index contributed by atoms with van der Waals surface area (Å²) in [6.45, 7) is 0.920. The molecule has 0 aliphatic carbocycles. The molecular formula is C11H12FN5O2. The number of alkyl halides is 1. The van der Waals surface area contributed by atoms with Crippen molar-refractivity contribution in [1.82, 2.24) is 19.6 Å². The zero-order valence-electron chi connectivity index (χ0n) is 10.3. The van der Waals surface area contributed by atoms with Crippen LogP contribution in [0.4, 0.5) is 10.2 Å². The third kappa shape index (κ3) is 1.98. The molecular weight excluding hydrogens is 253 g/mol. The van der Waals surface area contributed by atoms with Crippen LogP contribution in [-0.4, -0.2) is 51.9 Å². The molecule has 7 nitrogen and oxygen atoms in total. The highest BCUT2D eigenvalue weighted by Crippen LogP contribution is 2.20. The van der Waals surface area contributed by atoms with Crippen molar-refractivity contribution >= 4 is 17.4 Å². The van der Waals surface area contributed by atoms with Crippen LogP contribution < -0.4 is 4.90 Å². The zero-order chi connectivity index (χ0) is 13.4. The van der Waals surface area contributed by atoms with E-state index in [4.69, 9.17) is 0 Å². The molecule has 3 rings (SSSR count). The lowest BCUT2D eigenvalue weighted by Crippen LogP contribution is -2.21. The number of hydrogen-bond acceptors (Lipinski definition) is 6. The van der Waals surface area contributed by atoms with Crippen LogP contribution in [0, 0.1) is 0 Å². The van der Waals surface area contributed by atoms with E-state index in [2.05, 4.69) is 19.9 Å². The van der Waals surface area contributed by atoms with Crippen molar-refractivity contribution in [2.45, 2.75) is 12.6 Å². The number of hydrogen-bond donors (Lipinski definition) is 0. The standard InChI is InChI=1S/C11H12FN5O2/c1-19-11(18)10-15-14-8-4-13-9(6-17(8)10)16-3-2-7(12)5-16/h4,6-7H,2-3,5H2,1H3. The predicted octanol–water partition coefficient (Wildman–Crippen LogP) is 0.459. The third-order valence-electron chi connectivity index (χ3n) is 3.10. The molecule has 1 saturated heterocycles. The van der Waals surface area contributed by atoms with Crippen molar-refractivity contribution in [3.8, 4) is 0 Å². The largest absolute Gasteiger partial charge is 0.463 e. The van der Waals surface area contributed by atoms with Gasteiger partial charge in [-0.3, -0.25) is 4.40 Å². The summed E-state index contributed by atoms with van der Waals surface area (Å²) >= 11 is 0. The van der Waals surface area contributed by atoms with Crippen LogP contribution in [0.2, 0.25) is 0 Å². The molecule has 0 radical (unpaired) electrons. The summed E-state index contributed by atoms with van der Waals surface area (Å²) in [6.07, 6.45) is 2.78. The topological polar surface area (TPSA) is 72.6 Å². The van der Waals surface area contributed by atoms with E-state index < -0.39 is 12.1 Å². The number of esters is 1. The molecule has 1 aliphatic rings. The lowest BCUT2D eigenvalue weighted by Gasteiger charge is -2.15. The number of nitrogens with zero attached hydrogens (tertiary/aromatic N) is 5. The first-order chi connectivity index (χ1) is 9.19. The first-order valence-corrected chi connectivity index (χ1v) is 5.87. The summed E-state index contributed by atoms with van der Waals surface area (Å²) in [5.74, 6) is 0.101. The SMILES string of the molecule is COC(=O)c1nnc2cnc(N3CCC(F)C3)cn12. The highest BCUT2D eigenvalue weighted by Gasteiger charge is 2.24. The number of aromatic nitrogens is 4. The van der Waals surface area contributed by atoms with Gasteiger partial charge in [0.05, 0.1) is 26.0 Å². The smallest absolute Gasteiger partial charge is 0.376 e. The summed E-state index contributed by atoms with van der Waals surface area (Å²) < 4.78 is 19.3. The van der Waals surface area contributed by atoms with Crippen LogP contribution in [0.15, 0.2) is 12.4 Å². The van der Waals surface area contributed by atoms with Crippen LogP contribution in [0.25, 0.3) is 5.65 Å². The highest BCUT2D eigenvalue weighted by molar-refractivity contribution is 5.86. The van der Waals surface area contributed by atoms with Gasteiger partial charge in [-0.2, -0.15) is 0 Å². The van der Waals surface area contributed by atoms with Gasteiger partial charge in [-0.1, -0.05) is 0 Å². The Labute approximate surface area is 108 Å². The number of rotatable bonds is 2. The molecule has 19 heavy (non-hydrogen) atoms. The van der Waals surface area contributed by atoms with Gasteiger partial charge in [0, 0.05) is 6.54 Å². The Morgan fingerprint density at radius 3 is 3.05 bits per heavy atom. The van der Waals surface area contributed by atoms with Gasteiger partial charge in [-0.05, 0) is 6.42 Å². The van der Waals surface area contributed by atoms with Gasteiger partial charge in [-0.25, -0.2) is 14.2 Å². The van der Waals surface area contributed by atoms with Crippen molar-refractivity contribution < 1.29 is 13.9 Å². The molecule has 0 N–H and O–H groups in total. The number of fused-ring (bicyclic) bond motifs is 1. The van der Waals surface area contributed by atoms with Crippen LogP contribution in [0.5, 0.6) is 0 Å². The third-order valence-corrected chi connectivity index (χ3v) is 3.10. The maximum Gasteiger partial charge on any atom is 0.376 e. The minimum absolute atomic E-state index is 0.0807. The lowest BCUT2D eigenvalue weighted by atomic mass is 10.3. The second kappa shape index (κ2) is 4.45. The fourth-order valence-corrected chi connectivity index (χ4v) is 2.11. The molecule has 0 amide bonds. The number of halogens is 1. The van der Waals surface area contributed by atoms with Gasteiger partial charge < -0.3 is 9.64 Å². The maximum absolute atomic E-state index is 13.2. The molecule has 0 bridgehead atoms. The minimum Gasteiger partial charge on any atom is -0.463 e. The first kappa shape index (κ1) is 11.8. The number of carbonyl (C=O) groups is 1. The van der Waals surface area contributed by atoms with Gasteiger partial charge in [0.1, 0.15) is 12.0 Å². The summed E-state index contributed by atoms with van der Waals surface area (Å²) in [7, 11) is 1.28. The number of methoxy groups -OCH3 is 1. The van der Waals surface area contributed by atoms with Gasteiger partial charge in [0.15, 0.2) is 5.65 Å². The maximum atomic E-state index is 13.2. The molecule has 8 heteroatoms. The first-order valence-electron chi connectivity index (χ1n) is 5.87. The van der Waals surface area contributed by atoms with Crippen molar-refractivity contribution in [2.75, 3.05) is 25.1 Å². The number of ether oxygens (including phenoxy) is 1. The van der Waals surface area contributed by atoms with Crippen molar-refractivity contribution in [1.29, 1.82) is 0 Å². The normalized spacial score (nSPS) is 19.1. The lowest BCUT2D eigenvalue weighted by molar-refractivity contribution is 0.0585. The average Bonchev–Trinajstić information content (AvgIpc) is 3.03. The fraction of sp³-hybridized carbons (Fsp3) is 0.455. The molecule has 0 spiro atoms. The Bertz CT molecular complexity index is 629. The van der Waals surface area contributed by atoms with Gasteiger partial charge in [-0.15, -0.1) is 10.2 Å². The molecule has 3 heterocycles. The second-order valence-electron chi connectivity index (χ2n) is 4.32. The zero-order valence-corrected chi connectivity index (χ0v) is 10.3. The molecule has 1 fully saturated rings. The summed E-state index contributed by atoms with van der Waals surface area (Å²) in [5, 5.41) is 7.58. The van der Waals surface area contributed by atoms with Crippen molar-refractivity contribution in [3.05, 3.63) is 18.2 Å². The highest BCUT2D eigenvalue weighted by atomic mass is 19.1. The molecule has 100 valence electrons. The quantitative estimate of drug-likeness (QED) is 0.734. The molecule has 2 aromatic rings. The average molecular weight is 265 g/mol. The van der Waals surface area contributed by atoms with E-state index in [0.29, 0.717) is 31.0 Å². The van der Waals surface area contributed by atoms with Gasteiger partial charge in [0.2, 0.25) is 5.82 Å². The van der Waals surface area contributed by atoms with Gasteiger partial charge >= 0.3 is 5.97 Å². The Balaban J connectivity index is 2.01. The number of anilines is 1. The van der Waals surface area contributed by atoms with E-state index in [1.54, 1.807) is 6.20 Å². The summed E-state index contributed by atoms with van der Waals surface area (Å²) in [4.78, 5) is 17.6. The molecule has 0 aromatic carbocycles. The van der Waals surface area contributed by atoms with Crippen molar-refractivity contribution in [2.24, 2.45) is 0 Å². The van der Waals surface area contributed by atoms with E-state index in [9.17, 15) is 9.18 Å². The Hall–Kier alpha value is -2.25. The molecule has 1 unspecified atom stereocenters. The van der Waals surface area contributed by atoms with Crippen LogP contribution in [0.1, 0.15) is 17.0 Å². The molecule has 0 saturated carbocycles. The summed E-state index contributed by atoms with van der Waals surface area (Å²) in [6, 6.07) is 0. The Morgan fingerprint density at radius 2 is 2.37 bits per heavy atom. The van der Waals surface area contributed by atoms with E-state index >= 15 is 0 Å². The fourth-order valence-electron chi connectivity index (χ4n) is 2.11. The van der Waals surface area contributed by atoms with E-state index in [0.717, 1.165) is 0 Å². The Kier molecular flexibility index (Phi) is 2.77. The Morgan fingerprint density at radius 1 is 1.53 bits per heavy atom.